The smallest absolute Gasteiger partial charge is 0.138 e. The maximum atomic E-state index is 9.58. The average Bonchev–Trinajstić information content (AvgIpc) is 3.01. The summed E-state index contributed by atoms with van der Waals surface area (Å²) in [4.78, 5) is 0. The molecule has 0 saturated heterocycles. The molecule has 0 heterocycles. The van der Waals surface area contributed by atoms with E-state index in [0.29, 0.717) is 27.8 Å². The molecule has 0 radical (unpaired) electrons. The highest BCUT2D eigenvalue weighted by molar-refractivity contribution is 6.15. The molecular formula is C25H16N4. The summed E-state index contributed by atoms with van der Waals surface area (Å²) in [5.41, 5.74) is 6.89. The minimum atomic E-state index is -0.0450. The van der Waals surface area contributed by atoms with Gasteiger partial charge < -0.3 is 0 Å². The molecular weight excluding hydrogens is 356 g/mol. The standard InChI is InChI=1S/C25H16N4/c1-15-8-16(2)22(17(3)9-15)10-23-24(18(11-26)12-27)20-6-4-5-7-21(20)25(23)19(13-28)14-29/h4-10H,1-3H3. The summed E-state index contributed by atoms with van der Waals surface area (Å²) >= 11 is 0. The maximum absolute atomic E-state index is 9.58. The molecule has 0 aromatic heterocycles. The molecule has 4 nitrogen and oxygen atoms in total. The van der Waals surface area contributed by atoms with Gasteiger partial charge in [-0.1, -0.05) is 42.0 Å². The van der Waals surface area contributed by atoms with Crippen molar-refractivity contribution in [1.29, 1.82) is 21.0 Å². The Labute approximate surface area is 170 Å². The van der Waals surface area contributed by atoms with Crippen LogP contribution in [0.3, 0.4) is 0 Å². The number of nitrogens with zero attached hydrogens (tertiary/aromatic N) is 4. The Bertz CT molecular complexity index is 1180. The van der Waals surface area contributed by atoms with Gasteiger partial charge in [0.15, 0.2) is 0 Å². The van der Waals surface area contributed by atoms with Gasteiger partial charge in [0, 0.05) is 11.1 Å². The van der Waals surface area contributed by atoms with Crippen molar-refractivity contribution in [1.82, 2.24) is 0 Å². The molecule has 0 aliphatic heterocycles. The van der Waals surface area contributed by atoms with E-state index in [9.17, 15) is 21.0 Å². The van der Waals surface area contributed by atoms with Crippen molar-refractivity contribution in [3.05, 3.63) is 86.5 Å². The Morgan fingerprint density at radius 2 is 1.14 bits per heavy atom. The quantitative estimate of drug-likeness (QED) is 0.634. The number of hydrogen-bond donors (Lipinski definition) is 0. The van der Waals surface area contributed by atoms with E-state index in [1.807, 2.05) is 63.3 Å². The zero-order chi connectivity index (χ0) is 21.1. The maximum Gasteiger partial charge on any atom is 0.138 e. The first-order valence-electron chi connectivity index (χ1n) is 8.95. The third kappa shape index (κ3) is 3.21. The van der Waals surface area contributed by atoms with Crippen LogP contribution in [-0.4, -0.2) is 0 Å². The van der Waals surface area contributed by atoms with Crippen LogP contribution in [0, 0.1) is 66.1 Å². The van der Waals surface area contributed by atoms with Crippen LogP contribution >= 0.6 is 0 Å². The van der Waals surface area contributed by atoms with Gasteiger partial charge in [0.2, 0.25) is 0 Å². The molecule has 0 spiro atoms. The van der Waals surface area contributed by atoms with Gasteiger partial charge in [0.1, 0.15) is 35.4 Å². The van der Waals surface area contributed by atoms with Crippen LogP contribution in [0.25, 0.3) is 17.2 Å². The van der Waals surface area contributed by atoms with Crippen molar-refractivity contribution in [2.24, 2.45) is 0 Å². The minimum absolute atomic E-state index is 0.0450. The number of nitriles is 4. The molecule has 3 rings (SSSR count). The highest BCUT2D eigenvalue weighted by Gasteiger charge is 2.32. The van der Waals surface area contributed by atoms with Crippen LogP contribution in [0.4, 0.5) is 0 Å². The number of aryl methyl sites for hydroxylation is 3. The molecule has 2 aromatic carbocycles. The van der Waals surface area contributed by atoms with E-state index in [2.05, 4.69) is 12.1 Å². The molecule has 136 valence electrons. The van der Waals surface area contributed by atoms with Crippen molar-refractivity contribution in [2.75, 3.05) is 0 Å². The van der Waals surface area contributed by atoms with Crippen LogP contribution < -0.4 is 0 Å². The lowest BCUT2D eigenvalue weighted by molar-refractivity contribution is 1.30. The number of hydrogen-bond acceptors (Lipinski definition) is 4. The first-order chi connectivity index (χ1) is 14.0. The number of allylic oxidation sites excluding steroid dienone is 5. The lowest BCUT2D eigenvalue weighted by Gasteiger charge is -2.11. The van der Waals surface area contributed by atoms with Crippen LogP contribution in [-0.2, 0) is 0 Å². The fourth-order valence-corrected chi connectivity index (χ4v) is 3.85. The van der Waals surface area contributed by atoms with Crippen molar-refractivity contribution >= 4 is 17.2 Å². The van der Waals surface area contributed by atoms with Crippen molar-refractivity contribution in [2.45, 2.75) is 20.8 Å². The van der Waals surface area contributed by atoms with Gasteiger partial charge in [0.25, 0.3) is 0 Å². The summed E-state index contributed by atoms with van der Waals surface area (Å²) in [6.07, 6.45) is 1.89. The molecule has 0 fully saturated rings. The predicted octanol–water partition coefficient (Wildman–Crippen LogP) is 5.31. The number of rotatable bonds is 1. The molecule has 0 amide bonds. The van der Waals surface area contributed by atoms with Gasteiger partial charge >= 0.3 is 0 Å². The highest BCUT2D eigenvalue weighted by atomic mass is 14.4. The van der Waals surface area contributed by atoms with Crippen molar-refractivity contribution in [3.63, 3.8) is 0 Å². The van der Waals surface area contributed by atoms with Gasteiger partial charge in [-0.3, -0.25) is 0 Å². The molecule has 0 unspecified atom stereocenters. The first kappa shape index (κ1) is 19.4. The fourth-order valence-electron chi connectivity index (χ4n) is 3.85. The topological polar surface area (TPSA) is 95.2 Å². The minimum Gasteiger partial charge on any atom is -0.192 e. The molecule has 29 heavy (non-hydrogen) atoms. The van der Waals surface area contributed by atoms with Crippen LogP contribution in [0.5, 0.6) is 0 Å². The molecule has 0 saturated carbocycles. The van der Waals surface area contributed by atoms with Gasteiger partial charge in [0.05, 0.1) is 0 Å². The normalized spacial score (nSPS) is 11.6. The van der Waals surface area contributed by atoms with E-state index < -0.39 is 0 Å². The van der Waals surface area contributed by atoms with Crippen LogP contribution in [0.2, 0.25) is 0 Å². The van der Waals surface area contributed by atoms with Gasteiger partial charge in [-0.15, -0.1) is 0 Å². The second-order valence-electron chi connectivity index (χ2n) is 6.86. The summed E-state index contributed by atoms with van der Waals surface area (Å²) in [6, 6.07) is 19.2. The summed E-state index contributed by atoms with van der Waals surface area (Å²) in [6.45, 7) is 6.00. The fraction of sp³-hybridized carbons (Fsp3) is 0.120. The SMILES string of the molecule is Cc1cc(C)c(C=C2C(=C(C#N)C#N)c3ccccc3C2=C(C#N)C#N)c(C)c1. The highest BCUT2D eigenvalue weighted by Crippen LogP contribution is 2.48. The lowest BCUT2D eigenvalue weighted by atomic mass is 9.91. The summed E-state index contributed by atoms with van der Waals surface area (Å²) in [5, 5.41) is 38.3. The Balaban J connectivity index is 2.52. The monoisotopic (exact) mass is 372 g/mol. The van der Waals surface area contributed by atoms with E-state index in [-0.39, 0.29) is 11.1 Å². The van der Waals surface area contributed by atoms with Gasteiger partial charge in [-0.25, -0.2) is 0 Å². The lowest BCUT2D eigenvalue weighted by Crippen LogP contribution is -1.93. The zero-order valence-corrected chi connectivity index (χ0v) is 16.3. The molecule has 1 aliphatic carbocycles. The van der Waals surface area contributed by atoms with Crippen LogP contribution in [0.1, 0.15) is 33.4 Å². The molecule has 2 aromatic rings. The molecule has 4 heteroatoms. The summed E-state index contributed by atoms with van der Waals surface area (Å²) < 4.78 is 0. The van der Waals surface area contributed by atoms with E-state index in [4.69, 9.17) is 0 Å². The second kappa shape index (κ2) is 7.70. The van der Waals surface area contributed by atoms with Crippen LogP contribution in [0.15, 0.2) is 53.1 Å². The van der Waals surface area contributed by atoms with E-state index in [1.165, 1.54) is 0 Å². The third-order valence-corrected chi connectivity index (χ3v) is 4.98. The summed E-state index contributed by atoms with van der Waals surface area (Å²) in [7, 11) is 0. The first-order valence-corrected chi connectivity index (χ1v) is 8.95. The molecule has 1 aliphatic rings. The Morgan fingerprint density at radius 3 is 1.52 bits per heavy atom. The molecule has 0 bridgehead atoms. The largest absolute Gasteiger partial charge is 0.192 e. The Hall–Kier alpha value is -4.38. The third-order valence-electron chi connectivity index (χ3n) is 4.98. The van der Waals surface area contributed by atoms with Crippen molar-refractivity contribution in [3.8, 4) is 24.3 Å². The van der Waals surface area contributed by atoms with Crippen molar-refractivity contribution < 1.29 is 0 Å². The predicted molar refractivity (Wildman–Crippen MR) is 111 cm³/mol. The average molecular weight is 372 g/mol. The molecule has 0 N–H and O–H groups in total. The second-order valence-corrected chi connectivity index (χ2v) is 6.86. The van der Waals surface area contributed by atoms with E-state index >= 15 is 0 Å². The van der Waals surface area contributed by atoms with Gasteiger partial charge in [-0.2, -0.15) is 21.0 Å². The summed E-state index contributed by atoms with van der Waals surface area (Å²) in [5.74, 6) is 0. The zero-order valence-electron chi connectivity index (χ0n) is 16.3. The number of fused-ring (bicyclic) bond motifs is 1. The number of benzene rings is 2. The van der Waals surface area contributed by atoms with E-state index in [0.717, 1.165) is 22.3 Å². The molecule has 0 atom stereocenters. The van der Waals surface area contributed by atoms with E-state index in [1.54, 1.807) is 12.1 Å². The Morgan fingerprint density at radius 1 is 0.724 bits per heavy atom. The Kier molecular flexibility index (Phi) is 5.15. The van der Waals surface area contributed by atoms with Gasteiger partial charge in [-0.05, 0) is 60.2 Å².